The average molecular weight is 461 g/mol. The van der Waals surface area contributed by atoms with Gasteiger partial charge in [-0.15, -0.1) is 0 Å². The van der Waals surface area contributed by atoms with Gasteiger partial charge in [-0.3, -0.25) is 14.4 Å². The van der Waals surface area contributed by atoms with Crippen molar-refractivity contribution in [2.75, 3.05) is 4.72 Å². The summed E-state index contributed by atoms with van der Waals surface area (Å²) in [6, 6.07) is 21.8. The van der Waals surface area contributed by atoms with Crippen LogP contribution in [-0.2, 0) is 21.5 Å². The number of amides is 1. The van der Waals surface area contributed by atoms with Gasteiger partial charge in [-0.25, -0.2) is 13.9 Å². The summed E-state index contributed by atoms with van der Waals surface area (Å²) >= 11 is 3.27. The minimum absolute atomic E-state index is 0.145. The van der Waals surface area contributed by atoms with Crippen LogP contribution in [0.1, 0.15) is 15.9 Å². The van der Waals surface area contributed by atoms with Gasteiger partial charge in [0.15, 0.2) is 0 Å². The van der Waals surface area contributed by atoms with E-state index < -0.39 is 15.9 Å². The minimum atomic E-state index is -3.70. The van der Waals surface area contributed by atoms with Crippen molar-refractivity contribution in [2.24, 2.45) is 0 Å². The Bertz CT molecular complexity index is 1040. The van der Waals surface area contributed by atoms with Gasteiger partial charge < -0.3 is 0 Å². The monoisotopic (exact) mass is 460 g/mol. The molecule has 0 saturated carbocycles. The molecule has 0 atom stereocenters. The molecule has 144 valence electrons. The van der Waals surface area contributed by atoms with Crippen molar-refractivity contribution in [3.63, 3.8) is 0 Å². The van der Waals surface area contributed by atoms with E-state index in [1.54, 1.807) is 12.1 Å². The van der Waals surface area contributed by atoms with Crippen molar-refractivity contribution < 1.29 is 18.0 Å². The van der Waals surface area contributed by atoms with E-state index in [9.17, 15) is 13.2 Å². The number of carbonyl (C=O) groups is 1. The van der Waals surface area contributed by atoms with Crippen LogP contribution in [0.5, 0.6) is 0 Å². The smallest absolute Gasteiger partial charge is 0.274 e. The van der Waals surface area contributed by atoms with Crippen molar-refractivity contribution in [3.8, 4) is 0 Å². The number of nitrogens with one attached hydrogen (secondary N) is 2. The fourth-order valence-electron chi connectivity index (χ4n) is 2.34. The van der Waals surface area contributed by atoms with Gasteiger partial charge in [0, 0.05) is 15.7 Å². The van der Waals surface area contributed by atoms with Crippen LogP contribution in [0.4, 0.5) is 5.69 Å². The number of hydrogen-bond donors (Lipinski definition) is 2. The van der Waals surface area contributed by atoms with Crippen LogP contribution in [0, 0.1) is 0 Å². The van der Waals surface area contributed by atoms with E-state index in [-0.39, 0.29) is 11.5 Å². The molecule has 3 rings (SSSR count). The molecule has 0 saturated heterocycles. The second-order valence-corrected chi connectivity index (χ2v) is 8.44. The lowest BCUT2D eigenvalue weighted by molar-refractivity contribution is 0.0233. The molecule has 0 heterocycles. The van der Waals surface area contributed by atoms with Gasteiger partial charge in [-0.1, -0.05) is 46.3 Å². The highest BCUT2D eigenvalue weighted by atomic mass is 79.9. The summed E-state index contributed by atoms with van der Waals surface area (Å²) < 4.78 is 28.0. The van der Waals surface area contributed by atoms with Crippen LogP contribution in [0.25, 0.3) is 0 Å². The fraction of sp³-hybridized carbons (Fsp3) is 0.0500. The minimum Gasteiger partial charge on any atom is -0.280 e. The zero-order chi connectivity index (χ0) is 20.0. The van der Waals surface area contributed by atoms with E-state index in [0.29, 0.717) is 11.3 Å². The molecule has 1 amide bonds. The quantitative estimate of drug-likeness (QED) is 0.519. The topological polar surface area (TPSA) is 84.5 Å². The third-order valence-electron chi connectivity index (χ3n) is 3.77. The predicted octanol–water partition coefficient (Wildman–Crippen LogP) is 4.11. The maximum absolute atomic E-state index is 12.4. The second kappa shape index (κ2) is 9.01. The standard InChI is InChI=1S/C20H17BrN2O4S/c21-17-8-12-19(13-9-17)28(25,26)23-18-10-6-16(7-11-18)20(24)22-27-14-15-4-2-1-3-5-15/h1-13,23H,14H2,(H,22,24). The van der Waals surface area contributed by atoms with Gasteiger partial charge in [0.2, 0.25) is 0 Å². The van der Waals surface area contributed by atoms with Gasteiger partial charge in [-0.05, 0) is 54.1 Å². The molecule has 3 aromatic rings. The van der Waals surface area contributed by atoms with E-state index in [0.717, 1.165) is 10.0 Å². The normalized spacial score (nSPS) is 11.0. The highest BCUT2D eigenvalue weighted by molar-refractivity contribution is 9.10. The first-order chi connectivity index (χ1) is 13.4. The Morgan fingerprint density at radius 3 is 2.18 bits per heavy atom. The Hall–Kier alpha value is -2.68. The van der Waals surface area contributed by atoms with E-state index in [1.165, 1.54) is 36.4 Å². The van der Waals surface area contributed by atoms with Gasteiger partial charge in [-0.2, -0.15) is 0 Å². The average Bonchev–Trinajstić information content (AvgIpc) is 2.69. The number of anilines is 1. The molecular formula is C20H17BrN2O4S. The maximum atomic E-state index is 12.4. The summed E-state index contributed by atoms with van der Waals surface area (Å²) in [5, 5.41) is 0. The Labute approximate surface area is 171 Å². The first kappa shape index (κ1) is 20.1. The van der Waals surface area contributed by atoms with Crippen LogP contribution >= 0.6 is 15.9 Å². The first-order valence-electron chi connectivity index (χ1n) is 8.28. The molecule has 28 heavy (non-hydrogen) atoms. The molecule has 0 unspecified atom stereocenters. The summed E-state index contributed by atoms with van der Waals surface area (Å²) in [4.78, 5) is 17.5. The number of carbonyl (C=O) groups excluding carboxylic acids is 1. The van der Waals surface area contributed by atoms with Crippen molar-refractivity contribution in [1.29, 1.82) is 0 Å². The molecule has 0 bridgehead atoms. The Kier molecular flexibility index (Phi) is 6.45. The van der Waals surface area contributed by atoms with Crippen molar-refractivity contribution in [3.05, 3.63) is 94.5 Å². The molecule has 0 aliphatic heterocycles. The Morgan fingerprint density at radius 1 is 0.893 bits per heavy atom. The molecule has 0 radical (unpaired) electrons. The van der Waals surface area contributed by atoms with E-state index in [4.69, 9.17) is 4.84 Å². The zero-order valence-electron chi connectivity index (χ0n) is 14.6. The summed E-state index contributed by atoms with van der Waals surface area (Å²) in [5.41, 5.74) is 3.99. The Balaban J connectivity index is 1.58. The summed E-state index contributed by atoms with van der Waals surface area (Å²) in [5.74, 6) is -0.418. The van der Waals surface area contributed by atoms with Crippen molar-refractivity contribution in [1.82, 2.24) is 5.48 Å². The highest BCUT2D eigenvalue weighted by Gasteiger charge is 2.14. The molecule has 0 fully saturated rings. The van der Waals surface area contributed by atoms with Crippen LogP contribution < -0.4 is 10.2 Å². The number of hydroxylamine groups is 1. The van der Waals surface area contributed by atoms with E-state index in [1.807, 2.05) is 30.3 Å². The Morgan fingerprint density at radius 2 is 1.54 bits per heavy atom. The van der Waals surface area contributed by atoms with Crippen LogP contribution in [0.3, 0.4) is 0 Å². The third kappa shape index (κ3) is 5.41. The summed E-state index contributed by atoms with van der Waals surface area (Å²) in [7, 11) is -3.70. The number of sulfonamides is 1. The summed E-state index contributed by atoms with van der Waals surface area (Å²) in [6.45, 7) is 0.248. The summed E-state index contributed by atoms with van der Waals surface area (Å²) in [6.07, 6.45) is 0. The molecule has 8 heteroatoms. The SMILES string of the molecule is O=C(NOCc1ccccc1)c1ccc(NS(=O)(=O)c2ccc(Br)cc2)cc1. The van der Waals surface area contributed by atoms with Crippen molar-refractivity contribution >= 4 is 37.5 Å². The number of halogens is 1. The van der Waals surface area contributed by atoms with Gasteiger partial charge in [0.1, 0.15) is 0 Å². The maximum Gasteiger partial charge on any atom is 0.274 e. The molecule has 0 spiro atoms. The molecule has 0 aromatic heterocycles. The lowest BCUT2D eigenvalue weighted by Gasteiger charge is -2.09. The molecule has 3 aromatic carbocycles. The van der Waals surface area contributed by atoms with Gasteiger partial charge in [0.05, 0.1) is 11.5 Å². The van der Waals surface area contributed by atoms with E-state index >= 15 is 0 Å². The van der Waals surface area contributed by atoms with Gasteiger partial charge >= 0.3 is 0 Å². The van der Waals surface area contributed by atoms with Crippen molar-refractivity contribution in [2.45, 2.75) is 11.5 Å². The van der Waals surface area contributed by atoms with E-state index in [2.05, 4.69) is 26.1 Å². The lowest BCUT2D eigenvalue weighted by atomic mass is 10.2. The predicted molar refractivity (Wildman–Crippen MR) is 110 cm³/mol. The van der Waals surface area contributed by atoms with Crippen LogP contribution in [-0.4, -0.2) is 14.3 Å². The number of rotatable bonds is 7. The number of benzene rings is 3. The molecule has 0 aliphatic carbocycles. The second-order valence-electron chi connectivity index (χ2n) is 5.84. The third-order valence-corrected chi connectivity index (χ3v) is 5.70. The molecular weight excluding hydrogens is 444 g/mol. The zero-order valence-corrected chi connectivity index (χ0v) is 17.0. The van der Waals surface area contributed by atoms with Gasteiger partial charge in [0.25, 0.3) is 15.9 Å². The fourth-order valence-corrected chi connectivity index (χ4v) is 3.66. The first-order valence-corrected chi connectivity index (χ1v) is 10.6. The molecule has 0 aliphatic rings. The molecule has 2 N–H and O–H groups in total. The molecule has 6 nitrogen and oxygen atoms in total. The number of hydrogen-bond acceptors (Lipinski definition) is 4. The largest absolute Gasteiger partial charge is 0.280 e. The lowest BCUT2D eigenvalue weighted by Crippen LogP contribution is -2.23. The van der Waals surface area contributed by atoms with Crippen LogP contribution in [0.15, 0.2) is 88.2 Å². The highest BCUT2D eigenvalue weighted by Crippen LogP contribution is 2.19. The van der Waals surface area contributed by atoms with Crippen LogP contribution in [0.2, 0.25) is 0 Å².